The number of furan rings is 1. The first kappa shape index (κ1) is 20.0. The van der Waals surface area contributed by atoms with Crippen molar-refractivity contribution < 1.29 is 31.9 Å². The van der Waals surface area contributed by atoms with Crippen LogP contribution in [0.25, 0.3) is 22.1 Å². The van der Waals surface area contributed by atoms with Crippen molar-refractivity contribution in [1.82, 2.24) is 0 Å². The molecule has 0 bridgehead atoms. The molecule has 0 saturated carbocycles. The lowest BCUT2D eigenvalue weighted by Gasteiger charge is -2.14. The fraction of sp³-hybridized carbons (Fsp3) is 0.158. The number of carbonyl (C=O) groups is 2. The van der Waals surface area contributed by atoms with Crippen molar-refractivity contribution in [3.63, 3.8) is 0 Å². The molecule has 5 nitrogen and oxygen atoms in total. The number of nitrogens with two attached hydrogens (primary N) is 1. The Morgan fingerprint density at radius 2 is 1.78 bits per heavy atom. The predicted octanol–water partition coefficient (Wildman–Crippen LogP) is 4.43. The average Bonchev–Trinajstić information content (AvgIpc) is 3.06. The van der Waals surface area contributed by atoms with Gasteiger partial charge >= 0.3 is 6.18 Å². The monoisotopic (exact) mass is 379 g/mol. The Morgan fingerprint density at radius 1 is 1.15 bits per heavy atom. The molecule has 1 aromatic heterocycles. The molecule has 0 aliphatic carbocycles. The van der Waals surface area contributed by atoms with E-state index in [4.69, 9.17) is 13.9 Å². The van der Waals surface area contributed by atoms with Crippen LogP contribution in [0.1, 0.15) is 23.0 Å². The third-order valence-electron chi connectivity index (χ3n) is 3.74. The number of primary amides is 1. The summed E-state index contributed by atoms with van der Waals surface area (Å²) >= 11 is 0. The lowest BCUT2D eigenvalue weighted by molar-refractivity contribution is -0.137. The van der Waals surface area contributed by atoms with E-state index in [0.29, 0.717) is 16.7 Å². The van der Waals surface area contributed by atoms with Crippen LogP contribution in [-0.4, -0.2) is 19.3 Å². The highest BCUT2D eigenvalue weighted by atomic mass is 19.4. The Hall–Kier alpha value is -3.29. The summed E-state index contributed by atoms with van der Waals surface area (Å²) in [5, 5.41) is 0.399. The second kappa shape index (κ2) is 7.94. The second-order valence-corrected chi connectivity index (χ2v) is 5.40. The largest absolute Gasteiger partial charge is 0.493 e. The van der Waals surface area contributed by atoms with Gasteiger partial charge in [-0.1, -0.05) is 18.2 Å². The number of carbonyl (C=O) groups excluding carboxylic acids is 2. The minimum atomic E-state index is -4.49. The highest BCUT2D eigenvalue weighted by molar-refractivity contribution is 6.03. The zero-order valence-electron chi connectivity index (χ0n) is 14.5. The number of benzene rings is 2. The summed E-state index contributed by atoms with van der Waals surface area (Å²) in [7, 11) is 1.42. The number of amides is 1. The lowest BCUT2D eigenvalue weighted by Crippen LogP contribution is -2.06. The Morgan fingerprint density at radius 3 is 2.33 bits per heavy atom. The predicted molar refractivity (Wildman–Crippen MR) is 93.5 cm³/mol. The smallest absolute Gasteiger partial charge is 0.417 e. The minimum Gasteiger partial charge on any atom is -0.493 e. The molecule has 1 amide bonds. The van der Waals surface area contributed by atoms with Crippen LogP contribution in [0.15, 0.2) is 46.9 Å². The standard InChI is InChI=1S/C18H13F3O3.CH3NO/c1-10(22)16-9-13-11(7-8-15(23-2)17(13)24-16)12-5-3-4-6-14(12)18(19,20)21;2-1-3/h3-9H,1-2H3;1H,(H2,2,3). The number of halogens is 3. The van der Waals surface area contributed by atoms with Crippen LogP contribution in [0.5, 0.6) is 5.75 Å². The maximum atomic E-state index is 13.3. The van der Waals surface area contributed by atoms with Gasteiger partial charge in [-0.15, -0.1) is 0 Å². The van der Waals surface area contributed by atoms with E-state index in [0.717, 1.165) is 6.07 Å². The molecule has 2 aromatic carbocycles. The first-order valence-corrected chi connectivity index (χ1v) is 7.68. The summed E-state index contributed by atoms with van der Waals surface area (Å²) < 4.78 is 50.6. The molecule has 0 unspecified atom stereocenters. The number of rotatable bonds is 3. The fourth-order valence-corrected chi connectivity index (χ4v) is 2.63. The normalized spacial score (nSPS) is 10.9. The summed E-state index contributed by atoms with van der Waals surface area (Å²) in [6.07, 6.45) is -4.24. The van der Waals surface area contributed by atoms with Gasteiger partial charge in [0.05, 0.1) is 12.7 Å². The molecular formula is C19H16F3NO4. The van der Waals surface area contributed by atoms with E-state index in [1.54, 1.807) is 0 Å². The number of Topliss-reactive ketones (excluding diaryl/α,β-unsaturated/α-hetero) is 1. The lowest BCUT2D eigenvalue weighted by atomic mass is 9.96. The molecule has 8 heteroatoms. The maximum absolute atomic E-state index is 13.3. The van der Waals surface area contributed by atoms with E-state index in [-0.39, 0.29) is 29.1 Å². The molecule has 0 fully saturated rings. The Kier molecular flexibility index (Phi) is 5.89. The molecule has 3 rings (SSSR count). The van der Waals surface area contributed by atoms with Crippen molar-refractivity contribution in [2.75, 3.05) is 7.11 Å². The van der Waals surface area contributed by atoms with Crippen LogP contribution < -0.4 is 10.5 Å². The molecular weight excluding hydrogens is 363 g/mol. The SMILES string of the molecule is COc1ccc(-c2ccccc2C(F)(F)F)c2cc(C(C)=O)oc12.NC=O. The maximum Gasteiger partial charge on any atom is 0.417 e. The molecule has 0 aliphatic heterocycles. The minimum absolute atomic E-state index is 0.0218. The number of ether oxygens (including phenoxy) is 1. The van der Waals surface area contributed by atoms with E-state index in [1.807, 2.05) is 0 Å². The number of fused-ring (bicyclic) bond motifs is 1. The van der Waals surface area contributed by atoms with Gasteiger partial charge in [0.15, 0.2) is 22.9 Å². The molecule has 0 atom stereocenters. The van der Waals surface area contributed by atoms with Crippen LogP contribution in [0.3, 0.4) is 0 Å². The summed E-state index contributed by atoms with van der Waals surface area (Å²) in [6, 6.07) is 9.80. The van der Waals surface area contributed by atoms with E-state index in [9.17, 15) is 18.0 Å². The third kappa shape index (κ3) is 4.11. The van der Waals surface area contributed by atoms with E-state index >= 15 is 0 Å². The zero-order chi connectivity index (χ0) is 20.2. The summed E-state index contributed by atoms with van der Waals surface area (Å²) in [5.41, 5.74) is 4.02. The number of methoxy groups -OCH3 is 1. The first-order valence-electron chi connectivity index (χ1n) is 7.68. The molecule has 27 heavy (non-hydrogen) atoms. The van der Waals surface area contributed by atoms with E-state index in [1.165, 1.54) is 50.4 Å². The van der Waals surface area contributed by atoms with Crippen molar-refractivity contribution >= 4 is 23.2 Å². The van der Waals surface area contributed by atoms with Gasteiger partial charge in [-0.25, -0.2) is 0 Å². The third-order valence-corrected chi connectivity index (χ3v) is 3.74. The molecule has 1 heterocycles. The van der Waals surface area contributed by atoms with Crippen molar-refractivity contribution in [3.8, 4) is 16.9 Å². The summed E-state index contributed by atoms with van der Waals surface area (Å²) in [5.74, 6) is 0.106. The number of hydrogen-bond donors (Lipinski definition) is 1. The van der Waals surface area contributed by atoms with Crippen molar-refractivity contribution in [3.05, 3.63) is 53.8 Å². The zero-order valence-corrected chi connectivity index (χ0v) is 14.5. The first-order chi connectivity index (χ1) is 12.7. The molecule has 3 aromatic rings. The van der Waals surface area contributed by atoms with Crippen molar-refractivity contribution in [2.24, 2.45) is 5.73 Å². The highest BCUT2D eigenvalue weighted by Gasteiger charge is 2.34. The molecule has 0 saturated heterocycles. The van der Waals surface area contributed by atoms with Gasteiger partial charge in [0.1, 0.15) is 0 Å². The molecule has 0 aliphatic rings. The quantitative estimate of drug-likeness (QED) is 0.539. The van der Waals surface area contributed by atoms with Gasteiger partial charge in [-0.05, 0) is 35.4 Å². The van der Waals surface area contributed by atoms with Crippen molar-refractivity contribution in [2.45, 2.75) is 13.1 Å². The fourth-order valence-electron chi connectivity index (χ4n) is 2.63. The van der Waals surface area contributed by atoms with Crippen LogP contribution >= 0.6 is 0 Å². The number of ketones is 1. The van der Waals surface area contributed by atoms with Crippen LogP contribution in [0.4, 0.5) is 13.2 Å². The Balaban J connectivity index is 0.000000817. The second-order valence-electron chi connectivity index (χ2n) is 5.40. The summed E-state index contributed by atoms with van der Waals surface area (Å²) in [6.45, 7) is 1.33. The average molecular weight is 379 g/mol. The van der Waals surface area contributed by atoms with Crippen LogP contribution in [-0.2, 0) is 11.0 Å². The van der Waals surface area contributed by atoms with Gasteiger partial charge in [-0.3, -0.25) is 9.59 Å². The Labute approximate surface area is 152 Å². The van der Waals surface area contributed by atoms with Gasteiger partial charge in [-0.2, -0.15) is 13.2 Å². The molecule has 142 valence electrons. The van der Waals surface area contributed by atoms with Crippen LogP contribution in [0.2, 0.25) is 0 Å². The Bertz CT molecular complexity index is 977. The number of hydrogen-bond acceptors (Lipinski definition) is 4. The molecule has 2 N–H and O–H groups in total. The van der Waals surface area contributed by atoms with Gasteiger partial charge in [0.2, 0.25) is 6.41 Å². The molecule has 0 spiro atoms. The van der Waals surface area contributed by atoms with E-state index < -0.39 is 11.7 Å². The van der Waals surface area contributed by atoms with Gasteiger partial charge in [0, 0.05) is 12.3 Å². The van der Waals surface area contributed by atoms with Gasteiger partial charge < -0.3 is 14.9 Å². The number of alkyl halides is 3. The highest BCUT2D eigenvalue weighted by Crippen LogP contribution is 2.42. The van der Waals surface area contributed by atoms with Gasteiger partial charge in [0.25, 0.3) is 0 Å². The topological polar surface area (TPSA) is 82.5 Å². The summed E-state index contributed by atoms with van der Waals surface area (Å²) in [4.78, 5) is 20.2. The van der Waals surface area contributed by atoms with Crippen molar-refractivity contribution in [1.29, 1.82) is 0 Å². The van der Waals surface area contributed by atoms with E-state index in [2.05, 4.69) is 5.73 Å². The van der Waals surface area contributed by atoms with Crippen LogP contribution in [0, 0.1) is 0 Å². The molecule has 0 radical (unpaired) electrons.